The lowest BCUT2D eigenvalue weighted by Gasteiger charge is -2.03. The molecular formula is C10H9ClF3N3O. The zero-order valence-electron chi connectivity index (χ0n) is 9.31. The number of aromatic nitrogens is 2. The van der Waals surface area contributed by atoms with Gasteiger partial charge in [-0.05, 0) is 12.8 Å². The molecule has 0 atom stereocenters. The van der Waals surface area contributed by atoms with E-state index in [-0.39, 0.29) is 13.1 Å². The number of amides is 1. The molecule has 1 heterocycles. The van der Waals surface area contributed by atoms with Crippen LogP contribution in [0.4, 0.5) is 13.2 Å². The van der Waals surface area contributed by atoms with Gasteiger partial charge in [-0.15, -0.1) is 0 Å². The van der Waals surface area contributed by atoms with Crippen LogP contribution in [0, 0.1) is 11.8 Å². The highest BCUT2D eigenvalue weighted by molar-refractivity contribution is 6.31. The summed E-state index contributed by atoms with van der Waals surface area (Å²) in [5.74, 6) is 4.14. The normalized spacial score (nSPS) is 10.7. The third-order valence-corrected chi connectivity index (χ3v) is 2.13. The molecule has 1 N–H and O–H groups in total. The van der Waals surface area contributed by atoms with Crippen molar-refractivity contribution >= 4 is 17.5 Å². The van der Waals surface area contributed by atoms with Gasteiger partial charge in [0.1, 0.15) is 0 Å². The molecule has 4 nitrogen and oxygen atoms in total. The van der Waals surface area contributed by atoms with Crippen molar-refractivity contribution in [3.05, 3.63) is 16.9 Å². The predicted octanol–water partition coefficient (Wildman–Crippen LogP) is 1.69. The number of hydrogen-bond acceptors (Lipinski definition) is 2. The van der Waals surface area contributed by atoms with E-state index < -0.39 is 22.8 Å². The topological polar surface area (TPSA) is 46.9 Å². The number of nitrogens with zero attached hydrogens (tertiary/aromatic N) is 2. The van der Waals surface area contributed by atoms with Crippen molar-refractivity contribution in [3.63, 3.8) is 0 Å². The zero-order chi connectivity index (χ0) is 13.8. The molecule has 0 fully saturated rings. The van der Waals surface area contributed by atoms with Gasteiger partial charge in [-0.1, -0.05) is 17.5 Å². The second-order valence-electron chi connectivity index (χ2n) is 3.22. The van der Waals surface area contributed by atoms with Crippen molar-refractivity contribution in [1.29, 1.82) is 0 Å². The second kappa shape index (κ2) is 5.78. The van der Waals surface area contributed by atoms with E-state index in [9.17, 15) is 18.0 Å². The fourth-order valence-electron chi connectivity index (χ4n) is 1.15. The molecule has 1 aromatic rings. The van der Waals surface area contributed by atoms with Gasteiger partial charge in [0.2, 0.25) is 0 Å². The number of carbonyl (C=O) groups excluding carboxylic acids is 1. The number of nitrogens with one attached hydrogen (secondary N) is 1. The van der Waals surface area contributed by atoms with Crippen LogP contribution in [0.3, 0.4) is 0 Å². The number of halogens is 4. The highest BCUT2D eigenvalue weighted by Crippen LogP contribution is 2.32. The molecule has 0 aliphatic rings. The Morgan fingerprint density at radius 1 is 1.61 bits per heavy atom. The SMILES string of the molecule is CC#CC(=O)NCCn1cc(Cl)c(C(F)(F)F)n1. The van der Waals surface area contributed by atoms with E-state index in [2.05, 4.69) is 22.3 Å². The standard InChI is InChI=1S/C10H9ClF3N3O/c1-2-3-8(18)15-4-5-17-6-7(11)9(16-17)10(12,13)14/h6H,4-5H2,1H3,(H,15,18). The van der Waals surface area contributed by atoms with Crippen molar-refractivity contribution in [2.75, 3.05) is 6.54 Å². The molecule has 0 saturated heterocycles. The lowest BCUT2D eigenvalue weighted by Crippen LogP contribution is -2.26. The third-order valence-electron chi connectivity index (χ3n) is 1.85. The van der Waals surface area contributed by atoms with E-state index in [0.717, 1.165) is 10.9 Å². The minimum Gasteiger partial charge on any atom is -0.343 e. The molecule has 18 heavy (non-hydrogen) atoms. The summed E-state index contributed by atoms with van der Waals surface area (Å²) in [6.45, 7) is 1.69. The van der Waals surface area contributed by atoms with E-state index >= 15 is 0 Å². The Balaban J connectivity index is 2.59. The molecule has 0 saturated carbocycles. The van der Waals surface area contributed by atoms with Gasteiger partial charge >= 0.3 is 6.18 Å². The largest absolute Gasteiger partial charge is 0.436 e. The summed E-state index contributed by atoms with van der Waals surface area (Å²) in [7, 11) is 0. The molecule has 1 aromatic heterocycles. The Morgan fingerprint density at radius 2 is 2.28 bits per heavy atom. The Bertz CT molecular complexity index is 499. The Labute approximate surface area is 106 Å². The van der Waals surface area contributed by atoms with Gasteiger partial charge in [0, 0.05) is 12.7 Å². The smallest absolute Gasteiger partial charge is 0.343 e. The van der Waals surface area contributed by atoms with Crippen molar-refractivity contribution in [1.82, 2.24) is 15.1 Å². The van der Waals surface area contributed by atoms with Gasteiger partial charge in [0.15, 0.2) is 5.69 Å². The maximum atomic E-state index is 12.4. The molecule has 0 aliphatic heterocycles. The van der Waals surface area contributed by atoms with Crippen molar-refractivity contribution in [2.24, 2.45) is 0 Å². The molecule has 0 aromatic carbocycles. The average molecular weight is 280 g/mol. The lowest BCUT2D eigenvalue weighted by atomic mass is 10.4. The highest BCUT2D eigenvalue weighted by Gasteiger charge is 2.36. The zero-order valence-corrected chi connectivity index (χ0v) is 10.1. The Kier molecular flexibility index (Phi) is 4.62. The summed E-state index contributed by atoms with van der Waals surface area (Å²) in [5.41, 5.74) is -1.14. The van der Waals surface area contributed by atoms with Gasteiger partial charge in [0.25, 0.3) is 5.91 Å². The van der Waals surface area contributed by atoms with Gasteiger partial charge in [0.05, 0.1) is 11.6 Å². The van der Waals surface area contributed by atoms with Gasteiger partial charge in [-0.25, -0.2) is 0 Å². The van der Waals surface area contributed by atoms with Gasteiger partial charge in [-0.2, -0.15) is 18.3 Å². The van der Waals surface area contributed by atoms with Crippen molar-refractivity contribution < 1.29 is 18.0 Å². The van der Waals surface area contributed by atoms with Crippen LogP contribution in [0.2, 0.25) is 5.02 Å². The lowest BCUT2D eigenvalue weighted by molar-refractivity contribution is -0.141. The quantitative estimate of drug-likeness (QED) is 0.856. The molecule has 8 heteroatoms. The maximum Gasteiger partial charge on any atom is 0.436 e. The van der Waals surface area contributed by atoms with E-state index in [1.54, 1.807) is 0 Å². The molecule has 0 aliphatic carbocycles. The third kappa shape index (κ3) is 3.96. The van der Waals surface area contributed by atoms with Crippen LogP contribution in [0.5, 0.6) is 0 Å². The van der Waals surface area contributed by atoms with E-state index in [0.29, 0.717) is 0 Å². The fraction of sp³-hybridized carbons (Fsp3) is 0.400. The highest BCUT2D eigenvalue weighted by atomic mass is 35.5. The van der Waals surface area contributed by atoms with Crippen molar-refractivity contribution in [2.45, 2.75) is 19.6 Å². The number of carbonyl (C=O) groups is 1. The molecule has 0 radical (unpaired) electrons. The summed E-state index contributed by atoms with van der Waals surface area (Å²) < 4.78 is 38.1. The van der Waals surface area contributed by atoms with Crippen LogP contribution in [-0.4, -0.2) is 22.2 Å². The minimum absolute atomic E-state index is 0.0763. The van der Waals surface area contributed by atoms with Crippen LogP contribution >= 0.6 is 11.6 Å². The van der Waals surface area contributed by atoms with Crippen molar-refractivity contribution in [3.8, 4) is 11.8 Å². The number of alkyl halides is 3. The summed E-state index contributed by atoms with van der Waals surface area (Å²) in [6.07, 6.45) is -3.53. The molecular weight excluding hydrogens is 271 g/mol. The average Bonchev–Trinajstić information content (AvgIpc) is 2.59. The molecule has 0 bridgehead atoms. The van der Waals surface area contributed by atoms with Gasteiger partial charge < -0.3 is 5.32 Å². The molecule has 1 amide bonds. The van der Waals surface area contributed by atoms with Crippen LogP contribution in [-0.2, 0) is 17.5 Å². The first-order valence-electron chi connectivity index (χ1n) is 4.85. The summed E-state index contributed by atoms with van der Waals surface area (Å²) in [4.78, 5) is 10.9. The molecule has 98 valence electrons. The second-order valence-corrected chi connectivity index (χ2v) is 3.62. The first-order valence-corrected chi connectivity index (χ1v) is 5.23. The van der Waals surface area contributed by atoms with E-state index in [4.69, 9.17) is 11.6 Å². The van der Waals surface area contributed by atoms with Gasteiger partial charge in [-0.3, -0.25) is 9.48 Å². The monoisotopic (exact) mass is 279 g/mol. The molecule has 0 unspecified atom stereocenters. The maximum absolute atomic E-state index is 12.4. The minimum atomic E-state index is -4.58. The molecule has 0 spiro atoms. The first-order chi connectivity index (χ1) is 8.34. The van der Waals surface area contributed by atoms with Crippen LogP contribution in [0.25, 0.3) is 0 Å². The number of rotatable bonds is 3. The predicted molar refractivity (Wildman–Crippen MR) is 58.7 cm³/mol. The van der Waals surface area contributed by atoms with Crippen LogP contribution < -0.4 is 5.32 Å². The molecule has 1 rings (SSSR count). The fourth-order valence-corrected chi connectivity index (χ4v) is 1.40. The van der Waals surface area contributed by atoms with Crippen LogP contribution in [0.15, 0.2) is 6.20 Å². The van der Waals surface area contributed by atoms with E-state index in [1.165, 1.54) is 6.92 Å². The van der Waals surface area contributed by atoms with Crippen LogP contribution in [0.1, 0.15) is 12.6 Å². The Hall–Kier alpha value is -1.68. The first kappa shape index (κ1) is 14.4. The number of hydrogen-bond donors (Lipinski definition) is 1. The van der Waals surface area contributed by atoms with E-state index in [1.807, 2.05) is 0 Å². The Morgan fingerprint density at radius 3 is 2.78 bits per heavy atom. The summed E-state index contributed by atoms with van der Waals surface area (Å²) in [5, 5.41) is 5.23. The summed E-state index contributed by atoms with van der Waals surface area (Å²) in [6, 6.07) is 0. The summed E-state index contributed by atoms with van der Waals surface area (Å²) >= 11 is 5.41.